The molecule has 0 radical (unpaired) electrons. The average molecular weight is 267 g/mol. The molecule has 2 aliphatic rings. The lowest BCUT2D eigenvalue weighted by atomic mass is 9.89. The zero-order valence-electron chi connectivity index (χ0n) is 11.2. The Hall–Kier alpha value is -1.36. The van der Waals surface area contributed by atoms with Crippen molar-refractivity contribution in [3.63, 3.8) is 0 Å². The molecule has 1 aliphatic carbocycles. The van der Waals surface area contributed by atoms with Gasteiger partial charge in [-0.25, -0.2) is 4.79 Å². The first-order chi connectivity index (χ1) is 9.27. The van der Waals surface area contributed by atoms with E-state index in [1.807, 2.05) is 6.08 Å². The number of hydrogen-bond donors (Lipinski definition) is 1. The van der Waals surface area contributed by atoms with E-state index in [1.54, 1.807) is 0 Å². The van der Waals surface area contributed by atoms with E-state index in [0.29, 0.717) is 18.5 Å². The fourth-order valence-electron chi connectivity index (χ4n) is 2.50. The highest BCUT2D eigenvalue weighted by atomic mass is 16.7. The average Bonchev–Trinajstić information content (AvgIpc) is 2.49. The van der Waals surface area contributed by atoms with Crippen LogP contribution in [-0.4, -0.2) is 31.8 Å². The van der Waals surface area contributed by atoms with E-state index in [0.717, 1.165) is 32.2 Å². The van der Waals surface area contributed by atoms with Crippen molar-refractivity contribution < 1.29 is 19.1 Å². The van der Waals surface area contributed by atoms with Gasteiger partial charge in [0.1, 0.15) is 0 Å². The number of rotatable bonds is 4. The second kappa shape index (κ2) is 7.28. The molecule has 0 unspecified atom stereocenters. The van der Waals surface area contributed by atoms with Crippen molar-refractivity contribution >= 4 is 11.9 Å². The number of esters is 2. The summed E-state index contributed by atoms with van der Waals surface area (Å²) in [5.41, 5.74) is 0.660. The van der Waals surface area contributed by atoms with Crippen molar-refractivity contribution in [3.05, 3.63) is 11.6 Å². The van der Waals surface area contributed by atoms with Gasteiger partial charge in [0.25, 0.3) is 0 Å². The quantitative estimate of drug-likeness (QED) is 0.618. The number of nitrogens with one attached hydrogen (secondary N) is 1. The predicted octanol–water partition coefficient (Wildman–Crippen LogP) is 1.53. The van der Waals surface area contributed by atoms with Crippen LogP contribution in [0, 0.1) is 5.92 Å². The highest BCUT2D eigenvalue weighted by Crippen LogP contribution is 2.24. The Labute approximate surface area is 113 Å². The van der Waals surface area contributed by atoms with Crippen LogP contribution in [-0.2, 0) is 19.1 Å². The molecule has 0 spiro atoms. The van der Waals surface area contributed by atoms with E-state index in [4.69, 9.17) is 9.47 Å². The SMILES string of the molecule is O=C(OCOC(=O)C1CCCCC1)C1=CCNCC1. The van der Waals surface area contributed by atoms with E-state index in [1.165, 1.54) is 6.42 Å². The lowest BCUT2D eigenvalue weighted by Gasteiger charge is -2.20. The molecule has 0 amide bonds. The zero-order valence-corrected chi connectivity index (χ0v) is 11.2. The topological polar surface area (TPSA) is 64.6 Å². The molecule has 5 nitrogen and oxygen atoms in total. The van der Waals surface area contributed by atoms with Crippen molar-refractivity contribution in [1.29, 1.82) is 0 Å². The molecule has 0 aromatic heterocycles. The van der Waals surface area contributed by atoms with Crippen molar-refractivity contribution in [2.45, 2.75) is 38.5 Å². The Kier molecular flexibility index (Phi) is 5.39. The van der Waals surface area contributed by atoms with Crippen LogP contribution < -0.4 is 5.32 Å². The maximum atomic E-state index is 11.7. The van der Waals surface area contributed by atoms with Gasteiger partial charge in [0, 0.05) is 12.1 Å². The normalized spacial score (nSPS) is 20.5. The highest BCUT2D eigenvalue weighted by molar-refractivity contribution is 5.88. The molecule has 0 atom stereocenters. The summed E-state index contributed by atoms with van der Waals surface area (Å²) in [5, 5.41) is 3.12. The Morgan fingerprint density at radius 1 is 1.21 bits per heavy atom. The third-order valence-corrected chi connectivity index (χ3v) is 3.66. The standard InChI is InChI=1S/C14H21NO4/c16-13(11-4-2-1-3-5-11)18-10-19-14(17)12-6-8-15-9-7-12/h6,11,15H,1-5,7-10H2. The van der Waals surface area contributed by atoms with Crippen LogP contribution in [0.2, 0.25) is 0 Å². The second-order valence-corrected chi connectivity index (χ2v) is 5.03. The van der Waals surface area contributed by atoms with Gasteiger partial charge in [-0.15, -0.1) is 0 Å². The van der Waals surface area contributed by atoms with E-state index in [-0.39, 0.29) is 24.6 Å². The Morgan fingerprint density at radius 3 is 2.68 bits per heavy atom. The highest BCUT2D eigenvalue weighted by Gasteiger charge is 2.23. The first-order valence-corrected chi connectivity index (χ1v) is 7.01. The summed E-state index contributed by atoms with van der Waals surface area (Å²) in [6, 6.07) is 0. The van der Waals surface area contributed by atoms with Crippen LogP contribution in [0.4, 0.5) is 0 Å². The van der Waals surface area contributed by atoms with Crippen LogP contribution in [0.1, 0.15) is 38.5 Å². The van der Waals surface area contributed by atoms with Crippen LogP contribution in [0.5, 0.6) is 0 Å². The van der Waals surface area contributed by atoms with Gasteiger partial charge in [-0.3, -0.25) is 4.79 Å². The third-order valence-electron chi connectivity index (χ3n) is 3.66. The molecule has 19 heavy (non-hydrogen) atoms. The Morgan fingerprint density at radius 2 is 2.00 bits per heavy atom. The summed E-state index contributed by atoms with van der Waals surface area (Å²) in [6.45, 7) is 1.20. The minimum atomic E-state index is -0.377. The van der Waals surface area contributed by atoms with Gasteiger partial charge in [0.15, 0.2) is 0 Å². The summed E-state index contributed by atoms with van der Waals surface area (Å²) in [6.07, 6.45) is 7.62. The van der Waals surface area contributed by atoms with E-state index >= 15 is 0 Å². The number of carbonyl (C=O) groups is 2. The van der Waals surface area contributed by atoms with Gasteiger partial charge >= 0.3 is 11.9 Å². The van der Waals surface area contributed by atoms with Gasteiger partial charge in [-0.05, 0) is 25.8 Å². The van der Waals surface area contributed by atoms with E-state index in [9.17, 15) is 9.59 Å². The lowest BCUT2D eigenvalue weighted by Crippen LogP contribution is -2.26. The van der Waals surface area contributed by atoms with E-state index < -0.39 is 0 Å². The number of ether oxygens (including phenoxy) is 2. The molecule has 2 rings (SSSR count). The first-order valence-electron chi connectivity index (χ1n) is 7.01. The summed E-state index contributed by atoms with van der Waals surface area (Å²) in [7, 11) is 0. The van der Waals surface area contributed by atoms with Gasteiger partial charge in [0.05, 0.1) is 5.92 Å². The van der Waals surface area contributed by atoms with Crippen molar-refractivity contribution in [3.8, 4) is 0 Å². The minimum Gasteiger partial charge on any atom is -0.428 e. The third kappa shape index (κ3) is 4.35. The number of hydrogen-bond acceptors (Lipinski definition) is 5. The Balaban J connectivity index is 1.66. The molecular weight excluding hydrogens is 246 g/mol. The van der Waals surface area contributed by atoms with Gasteiger partial charge in [0.2, 0.25) is 6.79 Å². The molecule has 1 N–H and O–H groups in total. The van der Waals surface area contributed by atoms with Crippen LogP contribution in [0.3, 0.4) is 0 Å². The molecule has 1 saturated carbocycles. The van der Waals surface area contributed by atoms with Gasteiger partial charge < -0.3 is 14.8 Å². The molecule has 0 aromatic rings. The van der Waals surface area contributed by atoms with Gasteiger partial charge in [-0.2, -0.15) is 0 Å². The molecule has 0 aromatic carbocycles. The smallest absolute Gasteiger partial charge is 0.336 e. The molecule has 0 bridgehead atoms. The molecule has 1 fully saturated rings. The lowest BCUT2D eigenvalue weighted by molar-refractivity contribution is -0.168. The largest absolute Gasteiger partial charge is 0.428 e. The van der Waals surface area contributed by atoms with Crippen LogP contribution >= 0.6 is 0 Å². The van der Waals surface area contributed by atoms with Crippen molar-refractivity contribution in [2.24, 2.45) is 5.92 Å². The number of carbonyl (C=O) groups excluding carboxylic acids is 2. The fourth-order valence-corrected chi connectivity index (χ4v) is 2.50. The van der Waals surface area contributed by atoms with Crippen LogP contribution in [0.15, 0.2) is 11.6 Å². The Bertz CT molecular complexity index is 358. The zero-order chi connectivity index (χ0) is 13.5. The summed E-state index contributed by atoms with van der Waals surface area (Å²) in [4.78, 5) is 23.4. The van der Waals surface area contributed by atoms with Crippen molar-refractivity contribution in [1.82, 2.24) is 5.32 Å². The molecule has 106 valence electrons. The molecule has 5 heteroatoms. The molecular formula is C14H21NO4. The maximum absolute atomic E-state index is 11.7. The minimum absolute atomic E-state index is 0.00875. The monoisotopic (exact) mass is 267 g/mol. The van der Waals surface area contributed by atoms with E-state index in [2.05, 4.69) is 5.32 Å². The summed E-state index contributed by atoms with van der Waals surface area (Å²) >= 11 is 0. The fraction of sp³-hybridized carbons (Fsp3) is 0.714. The maximum Gasteiger partial charge on any atom is 0.336 e. The summed E-state index contributed by atoms with van der Waals surface area (Å²) < 4.78 is 9.98. The predicted molar refractivity (Wildman–Crippen MR) is 69.2 cm³/mol. The van der Waals surface area contributed by atoms with Crippen LogP contribution in [0.25, 0.3) is 0 Å². The first kappa shape index (κ1) is 14.1. The van der Waals surface area contributed by atoms with Crippen molar-refractivity contribution in [2.75, 3.05) is 19.9 Å². The molecule has 0 saturated heterocycles. The molecule has 1 heterocycles. The molecule has 1 aliphatic heterocycles. The second-order valence-electron chi connectivity index (χ2n) is 5.03. The summed E-state index contributed by atoms with van der Waals surface area (Å²) in [5.74, 6) is -0.615. The van der Waals surface area contributed by atoms with Gasteiger partial charge in [-0.1, -0.05) is 25.3 Å².